The number of carbonyl (C=O) groups excluding carboxylic acids is 6. The van der Waals surface area contributed by atoms with Gasteiger partial charge in [0.25, 0.3) is 0 Å². The van der Waals surface area contributed by atoms with Crippen LogP contribution < -0.4 is 30.7 Å². The number of urea groups is 1. The summed E-state index contributed by atoms with van der Waals surface area (Å²) in [6.45, 7) is 13.6. The first-order chi connectivity index (χ1) is 31.2. The van der Waals surface area contributed by atoms with Crippen molar-refractivity contribution in [2.45, 2.75) is 64.2 Å². The molecule has 0 unspecified atom stereocenters. The predicted molar refractivity (Wildman–Crippen MR) is 238 cm³/mol. The van der Waals surface area contributed by atoms with Gasteiger partial charge in [0.05, 0.1) is 30.3 Å². The van der Waals surface area contributed by atoms with Gasteiger partial charge in [-0.3, -0.25) is 49.6 Å². The molecular formula is C47H50N7O10Tc-3. The van der Waals surface area contributed by atoms with E-state index >= 15 is 0 Å². The molecule has 1 aliphatic rings. The van der Waals surface area contributed by atoms with Gasteiger partial charge in [-0.15, -0.1) is 0 Å². The van der Waals surface area contributed by atoms with E-state index in [2.05, 4.69) is 56.5 Å². The Labute approximate surface area is 391 Å². The first kappa shape index (κ1) is 54.0. The first-order valence-electron chi connectivity index (χ1n) is 19.8. The Morgan fingerprint density at radius 3 is 1.95 bits per heavy atom. The van der Waals surface area contributed by atoms with E-state index in [1.165, 1.54) is 0 Å². The fraction of sp³-hybridized carbons (Fsp3) is 0.255. The number of unbranched alkanes of at least 4 members (excludes halogenated alkanes) is 1. The van der Waals surface area contributed by atoms with Crippen LogP contribution in [-0.2, 0) is 68.4 Å². The number of benzene rings is 3. The Balaban J connectivity index is 0.00000199. The van der Waals surface area contributed by atoms with E-state index in [0.717, 1.165) is 17.0 Å². The van der Waals surface area contributed by atoms with Crippen molar-refractivity contribution in [1.82, 2.24) is 25.5 Å². The summed E-state index contributed by atoms with van der Waals surface area (Å²) in [6, 6.07) is 28.7. The predicted octanol–water partition coefficient (Wildman–Crippen LogP) is 5.57. The van der Waals surface area contributed by atoms with Gasteiger partial charge in [0, 0.05) is 57.0 Å². The fourth-order valence-corrected chi connectivity index (χ4v) is 6.57. The number of amides is 4. The molecule has 5 aromatic rings. The number of rotatable bonds is 19. The first-order valence-corrected chi connectivity index (χ1v) is 19.8. The van der Waals surface area contributed by atoms with Crippen LogP contribution in [0.25, 0.3) is 0 Å². The zero-order valence-electron chi connectivity index (χ0n) is 35.6. The van der Waals surface area contributed by atoms with Crippen LogP contribution in [0.1, 0.15) is 59.8 Å². The second-order valence-corrected chi connectivity index (χ2v) is 14.0. The number of para-hydroxylation sites is 1. The number of nitrogens with zero attached hydrogens (tertiary/aromatic N) is 3. The number of pyridine rings is 2. The third-order valence-electron chi connectivity index (χ3n) is 9.56. The van der Waals surface area contributed by atoms with Gasteiger partial charge in [-0.25, -0.2) is 4.79 Å². The molecule has 18 heteroatoms. The second kappa shape index (κ2) is 30.0. The number of carbonyl (C=O) groups is 4. The van der Waals surface area contributed by atoms with E-state index in [1.807, 2.05) is 67.6 Å². The maximum absolute atomic E-state index is 14.0. The number of hydrogen-bond donors (Lipinski definition) is 5. The number of aliphatic carboxylic acids is 1. The van der Waals surface area contributed by atoms with Crippen LogP contribution in [0.5, 0.6) is 11.5 Å². The third-order valence-corrected chi connectivity index (χ3v) is 9.56. The zero-order valence-corrected chi connectivity index (χ0v) is 37.4. The topological polar surface area (TPSA) is 235 Å². The van der Waals surface area contributed by atoms with Crippen LogP contribution in [0.2, 0.25) is 0 Å². The summed E-state index contributed by atoms with van der Waals surface area (Å²) in [7, 11) is 0. The second-order valence-electron chi connectivity index (χ2n) is 14.0. The quantitative estimate of drug-likeness (QED) is 0.0388. The molecule has 2 aromatic heterocycles. The Morgan fingerprint density at radius 2 is 1.35 bits per heavy atom. The Hall–Kier alpha value is -7.14. The summed E-state index contributed by atoms with van der Waals surface area (Å²) in [5.41, 5.74) is 5.22. The van der Waals surface area contributed by atoms with E-state index in [-0.39, 0.29) is 45.6 Å². The normalized spacial score (nSPS) is 11.5. The molecular weight excluding hydrogens is 921 g/mol. The molecule has 0 spiro atoms. The van der Waals surface area contributed by atoms with E-state index < -0.39 is 30.0 Å². The van der Waals surface area contributed by atoms with Crippen molar-refractivity contribution in [3.05, 3.63) is 144 Å². The molecule has 3 aromatic carbocycles. The molecule has 65 heavy (non-hydrogen) atoms. The summed E-state index contributed by atoms with van der Waals surface area (Å²) >= 11 is 0. The van der Waals surface area contributed by atoms with Gasteiger partial charge in [-0.1, -0.05) is 48.5 Å². The fourth-order valence-electron chi connectivity index (χ4n) is 6.57. The van der Waals surface area contributed by atoms with Crippen LogP contribution >= 0.6 is 0 Å². The molecule has 0 fully saturated rings. The SMILES string of the molecule is Cc1ccccc1NC(=O)Nc1ccc(CC(=O)N[C@@H](CCCCN(Cc2ccccn2)Cc2ccccn2)C(=O)N[C@@H](CC(=O)O)c2ccc3c(c2)OCO3)cc1.[CH-]=O.[CH-]=O.[CH-]=O.[Tc]. The Bertz CT molecular complexity index is 2180. The van der Waals surface area contributed by atoms with E-state index in [0.29, 0.717) is 72.9 Å². The van der Waals surface area contributed by atoms with Gasteiger partial charge >= 0.3 is 12.0 Å². The maximum Gasteiger partial charge on any atom is 0.323 e. The van der Waals surface area contributed by atoms with E-state index in [1.54, 1.807) is 54.9 Å². The summed E-state index contributed by atoms with van der Waals surface area (Å²) < 4.78 is 10.9. The van der Waals surface area contributed by atoms with Gasteiger partial charge in [-0.2, -0.15) is 0 Å². The largest absolute Gasteiger partial charge is 0.545 e. The van der Waals surface area contributed by atoms with E-state index in [4.69, 9.17) is 23.9 Å². The van der Waals surface area contributed by atoms with Gasteiger partial charge in [0.1, 0.15) is 6.04 Å². The molecule has 1 radical (unpaired) electrons. The summed E-state index contributed by atoms with van der Waals surface area (Å²) in [5, 5.41) is 21.2. The molecule has 0 aliphatic carbocycles. The number of aryl methyl sites for hydroxylation is 1. The number of nitrogens with one attached hydrogen (secondary N) is 4. The Kier molecular flexibility index (Phi) is 24.9. The number of fused-ring (bicyclic) bond motifs is 1. The van der Waals surface area contributed by atoms with Crippen molar-refractivity contribution >= 4 is 55.6 Å². The van der Waals surface area contributed by atoms with Gasteiger partial charge < -0.3 is 50.2 Å². The molecule has 17 nitrogen and oxygen atoms in total. The van der Waals surface area contributed by atoms with Crippen LogP contribution in [0, 0.1) is 6.92 Å². The molecule has 0 bridgehead atoms. The average Bonchev–Trinajstić information content (AvgIpc) is 3.79. The van der Waals surface area contributed by atoms with Crippen molar-refractivity contribution in [2.75, 3.05) is 24.0 Å². The summed E-state index contributed by atoms with van der Waals surface area (Å²) in [4.78, 5) is 86.5. The summed E-state index contributed by atoms with van der Waals surface area (Å²) in [6.07, 6.45) is 4.70. The number of ether oxygens (including phenoxy) is 2. The van der Waals surface area contributed by atoms with E-state index in [9.17, 15) is 24.3 Å². The molecule has 5 N–H and O–H groups in total. The minimum atomic E-state index is -1.10. The molecule has 4 amide bonds. The number of carboxylic acids is 1. The van der Waals surface area contributed by atoms with Crippen LogP contribution in [0.4, 0.5) is 16.2 Å². The number of aromatic nitrogens is 2. The molecule has 6 rings (SSSR count). The minimum Gasteiger partial charge on any atom is -0.545 e. The number of carboxylic acid groups (broad SMARTS) is 1. The van der Waals surface area contributed by atoms with Crippen molar-refractivity contribution < 1.29 is 68.2 Å². The molecule has 0 saturated carbocycles. The molecule has 3 heterocycles. The van der Waals surface area contributed by atoms with Crippen molar-refractivity contribution in [3.8, 4) is 11.5 Å². The monoisotopic (exact) mass is 969 g/mol. The number of hydrogen-bond acceptors (Lipinski definition) is 12. The molecule has 2 atom stereocenters. The zero-order chi connectivity index (χ0) is 46.7. The van der Waals surface area contributed by atoms with Crippen molar-refractivity contribution in [2.24, 2.45) is 0 Å². The van der Waals surface area contributed by atoms with Gasteiger partial charge in [0.15, 0.2) is 11.5 Å². The molecule has 1 aliphatic heterocycles. The van der Waals surface area contributed by atoms with Crippen LogP contribution in [-0.4, -0.2) is 83.5 Å². The van der Waals surface area contributed by atoms with Crippen LogP contribution in [0.3, 0.4) is 0 Å². The summed E-state index contributed by atoms with van der Waals surface area (Å²) in [5.74, 6) is -1.00. The maximum atomic E-state index is 14.0. The number of anilines is 2. The molecule has 0 saturated heterocycles. The standard InChI is InChI=1S/C44H47N7O7.3CHO.Tc/c1-30-10-2-3-13-36(30)50-44(56)47-33-18-15-31(16-19-33)24-41(52)48-37(43(55)49-38(26-42(53)54)32-17-20-39-40(25-32)58-29-57-39)14-6-9-23-51(27-34-11-4-7-21-45-34)28-35-12-5-8-22-46-35;3*1-2;/h2-5,7-8,10-13,15-22,25,37-38H,6,9,14,23-24,26-29H2,1H3,(H,48,52)(H,49,55)(H,53,54)(H2,47,50,56);3*1H;/q;3*-1;/t37-,38-;;;;/m0..../s1. The van der Waals surface area contributed by atoms with Gasteiger partial charge in [0.2, 0.25) is 18.6 Å². The average molecular weight is 971 g/mol. The Morgan fingerprint density at radius 1 is 0.738 bits per heavy atom. The van der Waals surface area contributed by atoms with Crippen molar-refractivity contribution in [1.29, 1.82) is 0 Å². The molecule has 343 valence electrons. The smallest absolute Gasteiger partial charge is 0.323 e. The third kappa shape index (κ3) is 18.6. The van der Waals surface area contributed by atoms with Crippen LogP contribution in [0.15, 0.2) is 116 Å². The van der Waals surface area contributed by atoms with Gasteiger partial charge in [-0.05, 0) is 104 Å². The minimum absolute atomic E-state index is 0. The van der Waals surface area contributed by atoms with Crippen molar-refractivity contribution in [3.63, 3.8) is 0 Å².